The van der Waals surface area contributed by atoms with Crippen molar-refractivity contribution in [2.45, 2.75) is 64.7 Å². The summed E-state index contributed by atoms with van der Waals surface area (Å²) in [5, 5.41) is 0. The van der Waals surface area contributed by atoms with Gasteiger partial charge < -0.3 is 0 Å². The van der Waals surface area contributed by atoms with E-state index in [1.165, 1.54) is 5.57 Å². The van der Waals surface area contributed by atoms with E-state index in [4.69, 9.17) is 6.42 Å². The van der Waals surface area contributed by atoms with Crippen molar-refractivity contribution in [3.63, 3.8) is 0 Å². The highest BCUT2D eigenvalue weighted by Gasteiger charge is 2.59. The normalized spacial score (nSPS) is 45.6. The molecule has 122 valence electrons. The third-order valence-corrected chi connectivity index (χ3v) is 7.81. The van der Waals surface area contributed by atoms with Crippen LogP contribution in [-0.2, 0) is 9.59 Å². The molecule has 0 N–H and O–H groups in total. The molecular formula is C21H26O2. The molecule has 2 heteroatoms. The third-order valence-electron chi connectivity index (χ3n) is 7.81. The molecular weight excluding hydrogens is 284 g/mol. The van der Waals surface area contributed by atoms with Crippen LogP contribution in [0.3, 0.4) is 0 Å². The topological polar surface area (TPSA) is 34.1 Å². The van der Waals surface area contributed by atoms with Crippen molar-refractivity contribution >= 4 is 11.6 Å². The molecule has 0 bridgehead atoms. The van der Waals surface area contributed by atoms with Crippen molar-refractivity contribution in [1.29, 1.82) is 0 Å². The quantitative estimate of drug-likeness (QED) is 0.684. The lowest BCUT2D eigenvalue weighted by molar-refractivity contribution is -0.132. The number of carbonyl (C=O) groups is 2. The van der Waals surface area contributed by atoms with Gasteiger partial charge in [-0.25, -0.2) is 0 Å². The van der Waals surface area contributed by atoms with Gasteiger partial charge in [0.1, 0.15) is 5.78 Å². The van der Waals surface area contributed by atoms with Gasteiger partial charge in [-0.1, -0.05) is 12.5 Å². The van der Waals surface area contributed by atoms with Gasteiger partial charge in [0.05, 0.1) is 0 Å². The van der Waals surface area contributed by atoms with Crippen LogP contribution in [0.4, 0.5) is 0 Å². The summed E-state index contributed by atoms with van der Waals surface area (Å²) in [6.07, 6.45) is 16.1. The molecule has 0 aromatic heterocycles. The minimum atomic E-state index is -0.0792. The Balaban J connectivity index is 1.74. The standard InChI is InChI=1S/C21H26O2/c1-3-10-21-12-8-15(22)13-14(21)4-5-16-17-6-7-19(23)20(17,2)11-9-18(16)21/h1,13,16-18H,4-12H2,2H3/t16-,17-,18-,20-,21?/m0/s1. The van der Waals surface area contributed by atoms with E-state index in [0.717, 1.165) is 51.4 Å². The SMILES string of the molecule is C#CCC12CCC(=O)C=C1CC[C@@H]1[C@@H]2CC[C@]2(C)C(=O)CC[C@@H]12. The van der Waals surface area contributed by atoms with E-state index in [0.29, 0.717) is 30.0 Å². The van der Waals surface area contributed by atoms with Crippen molar-refractivity contribution in [1.82, 2.24) is 0 Å². The molecule has 4 aliphatic carbocycles. The van der Waals surface area contributed by atoms with Gasteiger partial charge in [-0.3, -0.25) is 9.59 Å². The van der Waals surface area contributed by atoms with Crippen molar-refractivity contribution in [2.24, 2.45) is 28.6 Å². The number of ketones is 2. The first-order valence-electron chi connectivity index (χ1n) is 9.22. The Bertz CT molecular complexity index is 637. The van der Waals surface area contributed by atoms with Crippen LogP contribution < -0.4 is 0 Å². The van der Waals surface area contributed by atoms with Gasteiger partial charge >= 0.3 is 0 Å². The second-order valence-corrected chi connectivity index (χ2v) is 8.51. The summed E-state index contributed by atoms with van der Waals surface area (Å²) in [5.41, 5.74) is 1.31. The van der Waals surface area contributed by atoms with Crippen molar-refractivity contribution < 1.29 is 9.59 Å². The smallest absolute Gasteiger partial charge is 0.155 e. The van der Waals surface area contributed by atoms with Crippen LogP contribution in [0.15, 0.2) is 11.6 Å². The Labute approximate surface area is 139 Å². The minimum Gasteiger partial charge on any atom is -0.299 e. The fraction of sp³-hybridized carbons (Fsp3) is 0.714. The maximum Gasteiger partial charge on any atom is 0.155 e. The molecule has 4 aliphatic rings. The van der Waals surface area contributed by atoms with E-state index < -0.39 is 0 Å². The number of hydrogen-bond acceptors (Lipinski definition) is 2. The number of hydrogen-bond donors (Lipinski definition) is 0. The van der Waals surface area contributed by atoms with Gasteiger partial charge in [0.15, 0.2) is 5.78 Å². The third kappa shape index (κ3) is 1.95. The molecule has 0 heterocycles. The summed E-state index contributed by atoms with van der Waals surface area (Å²) in [7, 11) is 0. The average molecular weight is 310 g/mol. The van der Waals surface area contributed by atoms with Crippen LogP contribution in [-0.4, -0.2) is 11.6 Å². The molecule has 0 spiro atoms. The lowest BCUT2D eigenvalue weighted by atomic mass is 9.46. The molecule has 4 rings (SSSR count). The molecule has 0 radical (unpaired) electrons. The highest BCUT2D eigenvalue weighted by atomic mass is 16.1. The zero-order chi connectivity index (χ0) is 16.2. The highest BCUT2D eigenvalue weighted by molar-refractivity contribution is 5.91. The van der Waals surface area contributed by atoms with Crippen LogP contribution in [0.5, 0.6) is 0 Å². The number of carbonyl (C=O) groups excluding carboxylic acids is 2. The van der Waals surface area contributed by atoms with Crippen LogP contribution in [0.2, 0.25) is 0 Å². The maximum absolute atomic E-state index is 12.4. The van der Waals surface area contributed by atoms with Crippen molar-refractivity contribution in [3.8, 4) is 12.3 Å². The second kappa shape index (κ2) is 5.07. The van der Waals surface area contributed by atoms with Crippen LogP contribution in [0.1, 0.15) is 64.7 Å². The molecule has 5 atom stereocenters. The molecule has 3 saturated carbocycles. The molecule has 3 fully saturated rings. The van der Waals surface area contributed by atoms with Gasteiger partial charge in [0.25, 0.3) is 0 Å². The molecule has 2 nitrogen and oxygen atoms in total. The van der Waals surface area contributed by atoms with Crippen LogP contribution >= 0.6 is 0 Å². The summed E-state index contributed by atoms with van der Waals surface area (Å²) in [6, 6.07) is 0. The molecule has 23 heavy (non-hydrogen) atoms. The van der Waals surface area contributed by atoms with Gasteiger partial charge in [-0.05, 0) is 62.4 Å². The Morgan fingerprint density at radius 1 is 1.13 bits per heavy atom. The Morgan fingerprint density at radius 3 is 2.74 bits per heavy atom. The summed E-state index contributed by atoms with van der Waals surface area (Å²) in [6.45, 7) is 2.22. The largest absolute Gasteiger partial charge is 0.299 e. The summed E-state index contributed by atoms with van der Waals surface area (Å²) in [4.78, 5) is 24.4. The van der Waals surface area contributed by atoms with E-state index in [9.17, 15) is 9.59 Å². The zero-order valence-electron chi connectivity index (χ0n) is 14.1. The number of allylic oxidation sites excluding steroid dienone is 1. The summed E-state index contributed by atoms with van der Waals surface area (Å²) < 4.78 is 0. The van der Waals surface area contributed by atoms with E-state index >= 15 is 0 Å². The number of fused-ring (bicyclic) bond motifs is 5. The number of Topliss-reactive ketones (excluding diaryl/α,β-unsaturated/α-hetero) is 1. The first kappa shape index (κ1) is 15.2. The lowest BCUT2D eigenvalue weighted by Crippen LogP contribution is -2.51. The first-order chi connectivity index (χ1) is 11.0. The molecule has 0 aromatic carbocycles. The second-order valence-electron chi connectivity index (χ2n) is 8.51. The molecule has 0 saturated heterocycles. The van der Waals surface area contributed by atoms with Gasteiger partial charge in [0.2, 0.25) is 0 Å². The number of rotatable bonds is 1. The highest BCUT2D eigenvalue weighted by Crippen LogP contribution is 2.65. The Kier molecular flexibility index (Phi) is 3.34. The van der Waals surface area contributed by atoms with E-state index in [2.05, 4.69) is 12.8 Å². The summed E-state index contributed by atoms with van der Waals surface area (Å²) >= 11 is 0. The monoisotopic (exact) mass is 310 g/mol. The van der Waals surface area contributed by atoms with E-state index in [1.807, 2.05) is 6.08 Å². The Hall–Kier alpha value is -1.36. The number of terminal acetylenes is 1. The molecule has 0 aromatic rings. The molecule has 0 aliphatic heterocycles. The van der Waals surface area contributed by atoms with Crippen LogP contribution in [0, 0.1) is 40.9 Å². The lowest BCUT2D eigenvalue weighted by Gasteiger charge is -2.57. The Morgan fingerprint density at radius 2 is 1.96 bits per heavy atom. The average Bonchev–Trinajstić information content (AvgIpc) is 2.84. The van der Waals surface area contributed by atoms with E-state index in [1.54, 1.807) is 0 Å². The molecule has 0 amide bonds. The predicted molar refractivity (Wildman–Crippen MR) is 89.5 cm³/mol. The minimum absolute atomic E-state index is 0.0541. The molecule has 1 unspecified atom stereocenters. The van der Waals surface area contributed by atoms with Crippen LogP contribution in [0.25, 0.3) is 0 Å². The van der Waals surface area contributed by atoms with Crippen molar-refractivity contribution in [2.75, 3.05) is 0 Å². The van der Waals surface area contributed by atoms with Gasteiger partial charge in [-0.2, -0.15) is 0 Å². The van der Waals surface area contributed by atoms with Gasteiger partial charge in [-0.15, -0.1) is 12.3 Å². The fourth-order valence-electron chi connectivity index (χ4n) is 6.65. The van der Waals surface area contributed by atoms with Gasteiger partial charge in [0, 0.05) is 30.1 Å². The zero-order valence-corrected chi connectivity index (χ0v) is 14.1. The first-order valence-corrected chi connectivity index (χ1v) is 9.22. The maximum atomic E-state index is 12.4. The predicted octanol–water partition coefficient (Wildman–Crippen LogP) is 4.09. The van der Waals surface area contributed by atoms with E-state index in [-0.39, 0.29) is 16.6 Å². The van der Waals surface area contributed by atoms with Crippen molar-refractivity contribution in [3.05, 3.63) is 11.6 Å². The fourth-order valence-corrected chi connectivity index (χ4v) is 6.65. The summed E-state index contributed by atoms with van der Waals surface area (Å²) in [5.74, 6) is 5.45.